The number of benzene rings is 1. The van der Waals surface area contributed by atoms with Crippen molar-refractivity contribution in [1.29, 1.82) is 0 Å². The van der Waals surface area contributed by atoms with E-state index in [-0.39, 0.29) is 5.92 Å². The monoisotopic (exact) mass is 246 g/mol. The largest absolute Gasteiger partial charge is 0.493 e. The first-order chi connectivity index (χ1) is 8.27. The summed E-state index contributed by atoms with van der Waals surface area (Å²) in [5.74, 6) is 0.962. The van der Waals surface area contributed by atoms with E-state index in [4.69, 9.17) is 4.74 Å². The molecule has 88 valence electrons. The number of fused-ring (bicyclic) bond motifs is 1. The minimum atomic E-state index is -0.468. The van der Waals surface area contributed by atoms with Gasteiger partial charge in [0.25, 0.3) is 0 Å². The zero-order chi connectivity index (χ0) is 11.8. The average Bonchev–Trinajstić information content (AvgIpc) is 2.94. The summed E-state index contributed by atoms with van der Waals surface area (Å²) in [7, 11) is 0. The maximum Gasteiger partial charge on any atom is 0.123 e. The number of hydrogen-bond acceptors (Lipinski definition) is 3. The highest BCUT2D eigenvalue weighted by molar-refractivity contribution is 7.10. The minimum Gasteiger partial charge on any atom is -0.493 e. The van der Waals surface area contributed by atoms with Crippen molar-refractivity contribution in [2.45, 2.75) is 18.9 Å². The molecule has 17 heavy (non-hydrogen) atoms. The number of aliphatic hydroxyl groups is 1. The van der Waals surface area contributed by atoms with Gasteiger partial charge < -0.3 is 9.84 Å². The molecule has 0 amide bonds. The fourth-order valence-corrected chi connectivity index (χ4v) is 3.11. The fraction of sp³-hybridized carbons (Fsp3) is 0.286. The van der Waals surface area contributed by atoms with E-state index < -0.39 is 6.10 Å². The van der Waals surface area contributed by atoms with E-state index in [2.05, 4.69) is 0 Å². The maximum atomic E-state index is 10.5. The molecule has 1 aromatic carbocycles. The van der Waals surface area contributed by atoms with E-state index in [9.17, 15) is 5.11 Å². The molecule has 2 heterocycles. The molecular weight excluding hydrogens is 232 g/mol. The van der Waals surface area contributed by atoms with Crippen molar-refractivity contribution in [2.75, 3.05) is 6.61 Å². The summed E-state index contributed by atoms with van der Waals surface area (Å²) in [4.78, 5) is 1.18. The topological polar surface area (TPSA) is 29.5 Å². The van der Waals surface area contributed by atoms with Gasteiger partial charge >= 0.3 is 0 Å². The van der Waals surface area contributed by atoms with Crippen LogP contribution in [0.4, 0.5) is 0 Å². The normalized spacial score (nSPS) is 19.8. The Balaban J connectivity index is 1.95. The lowest BCUT2D eigenvalue weighted by atomic mass is 9.91. The van der Waals surface area contributed by atoms with Gasteiger partial charge in [0.1, 0.15) is 5.75 Å². The second-order valence-corrected chi connectivity index (χ2v) is 5.45. The summed E-state index contributed by atoms with van der Waals surface area (Å²) in [6, 6.07) is 9.96. The number of aliphatic hydroxyl groups excluding tert-OH is 1. The summed E-state index contributed by atoms with van der Waals surface area (Å²) in [5, 5.41) is 12.5. The van der Waals surface area contributed by atoms with Crippen LogP contribution in [0.25, 0.3) is 0 Å². The predicted molar refractivity (Wildman–Crippen MR) is 68.7 cm³/mol. The SMILES string of the molecule is Cc1sccc1C(O)C1COc2ccccc21. The van der Waals surface area contributed by atoms with Crippen molar-refractivity contribution < 1.29 is 9.84 Å². The molecule has 2 aromatic rings. The third-order valence-electron chi connectivity index (χ3n) is 3.34. The van der Waals surface area contributed by atoms with Crippen molar-refractivity contribution in [3.05, 3.63) is 51.7 Å². The van der Waals surface area contributed by atoms with Crippen LogP contribution in [0.3, 0.4) is 0 Å². The van der Waals surface area contributed by atoms with E-state index in [0.29, 0.717) is 6.61 Å². The molecule has 3 heteroatoms. The second kappa shape index (κ2) is 4.17. The number of aryl methyl sites for hydroxylation is 1. The second-order valence-electron chi connectivity index (χ2n) is 4.33. The van der Waals surface area contributed by atoms with Crippen molar-refractivity contribution in [3.63, 3.8) is 0 Å². The van der Waals surface area contributed by atoms with Crippen LogP contribution < -0.4 is 4.74 Å². The van der Waals surface area contributed by atoms with Crippen LogP contribution >= 0.6 is 11.3 Å². The smallest absolute Gasteiger partial charge is 0.123 e. The first-order valence-corrected chi connectivity index (χ1v) is 6.59. The highest BCUT2D eigenvalue weighted by Gasteiger charge is 2.31. The van der Waals surface area contributed by atoms with Gasteiger partial charge in [0.2, 0.25) is 0 Å². The molecular formula is C14H14O2S. The van der Waals surface area contributed by atoms with Crippen LogP contribution in [-0.4, -0.2) is 11.7 Å². The quantitative estimate of drug-likeness (QED) is 0.881. The molecule has 0 saturated carbocycles. The standard InChI is InChI=1S/C14H14O2S/c1-9-10(6-7-17-9)14(15)12-8-16-13-5-3-2-4-11(12)13/h2-7,12,14-15H,8H2,1H3. The molecule has 0 bridgehead atoms. The molecule has 0 radical (unpaired) electrons. The summed E-state index contributed by atoms with van der Waals surface area (Å²) >= 11 is 1.67. The van der Waals surface area contributed by atoms with Crippen LogP contribution in [0.5, 0.6) is 5.75 Å². The molecule has 0 saturated heterocycles. The molecule has 2 nitrogen and oxygen atoms in total. The van der Waals surface area contributed by atoms with E-state index >= 15 is 0 Å². The van der Waals surface area contributed by atoms with Gasteiger partial charge in [0.05, 0.1) is 18.6 Å². The molecule has 0 aliphatic carbocycles. The molecule has 1 N–H and O–H groups in total. The van der Waals surface area contributed by atoms with Gasteiger partial charge in [-0.05, 0) is 30.0 Å². The molecule has 1 aromatic heterocycles. The Labute approximate surface area is 104 Å². The van der Waals surface area contributed by atoms with Crippen LogP contribution in [-0.2, 0) is 0 Å². The van der Waals surface area contributed by atoms with Crippen molar-refractivity contribution in [3.8, 4) is 5.75 Å². The molecule has 1 aliphatic heterocycles. The summed E-state index contributed by atoms with van der Waals surface area (Å²) in [6.07, 6.45) is -0.468. The Kier molecular flexibility index (Phi) is 2.65. The van der Waals surface area contributed by atoms with Gasteiger partial charge in [0.15, 0.2) is 0 Å². The van der Waals surface area contributed by atoms with E-state index in [1.165, 1.54) is 4.88 Å². The average molecular weight is 246 g/mol. The number of ether oxygens (including phenoxy) is 1. The first kappa shape index (κ1) is 10.8. The van der Waals surface area contributed by atoms with E-state index in [0.717, 1.165) is 16.9 Å². The van der Waals surface area contributed by atoms with Crippen LogP contribution in [0, 0.1) is 6.92 Å². The van der Waals surface area contributed by atoms with E-state index in [1.807, 2.05) is 42.6 Å². The third-order valence-corrected chi connectivity index (χ3v) is 4.20. The molecule has 2 unspecified atom stereocenters. The molecule has 3 rings (SSSR count). The Morgan fingerprint density at radius 1 is 1.35 bits per heavy atom. The molecule has 2 atom stereocenters. The predicted octanol–water partition coefficient (Wildman–Crippen LogP) is 3.27. The Hall–Kier alpha value is -1.32. The zero-order valence-corrected chi connectivity index (χ0v) is 10.4. The summed E-state index contributed by atoms with van der Waals surface area (Å²) < 4.78 is 5.61. The summed E-state index contributed by atoms with van der Waals surface area (Å²) in [5.41, 5.74) is 2.14. The van der Waals surface area contributed by atoms with Gasteiger partial charge in [-0.3, -0.25) is 0 Å². The Morgan fingerprint density at radius 2 is 2.18 bits per heavy atom. The Bertz CT molecular complexity index is 533. The van der Waals surface area contributed by atoms with Gasteiger partial charge in [-0.2, -0.15) is 0 Å². The van der Waals surface area contributed by atoms with Crippen LogP contribution in [0.1, 0.15) is 28.0 Å². The number of hydrogen-bond donors (Lipinski definition) is 1. The van der Waals surface area contributed by atoms with Crippen LogP contribution in [0.15, 0.2) is 35.7 Å². The summed E-state index contributed by atoms with van der Waals surface area (Å²) in [6.45, 7) is 2.61. The maximum absolute atomic E-state index is 10.5. The highest BCUT2D eigenvalue weighted by Crippen LogP contribution is 2.42. The molecule has 0 spiro atoms. The van der Waals surface area contributed by atoms with E-state index in [1.54, 1.807) is 11.3 Å². The Morgan fingerprint density at radius 3 is 2.94 bits per heavy atom. The third kappa shape index (κ3) is 1.75. The number of rotatable bonds is 2. The molecule has 1 aliphatic rings. The van der Waals surface area contributed by atoms with Gasteiger partial charge in [0, 0.05) is 10.4 Å². The lowest BCUT2D eigenvalue weighted by Gasteiger charge is -2.17. The number of thiophene rings is 1. The molecule has 0 fully saturated rings. The first-order valence-electron chi connectivity index (χ1n) is 5.71. The van der Waals surface area contributed by atoms with Gasteiger partial charge in [-0.25, -0.2) is 0 Å². The lowest BCUT2D eigenvalue weighted by molar-refractivity contribution is 0.130. The minimum absolute atomic E-state index is 0.0551. The van der Waals surface area contributed by atoms with Crippen molar-refractivity contribution in [2.24, 2.45) is 0 Å². The van der Waals surface area contributed by atoms with Crippen molar-refractivity contribution >= 4 is 11.3 Å². The fourth-order valence-electron chi connectivity index (χ4n) is 2.37. The zero-order valence-electron chi connectivity index (χ0n) is 9.59. The number of para-hydroxylation sites is 1. The van der Waals surface area contributed by atoms with Gasteiger partial charge in [-0.15, -0.1) is 11.3 Å². The van der Waals surface area contributed by atoms with Crippen LogP contribution in [0.2, 0.25) is 0 Å². The highest BCUT2D eigenvalue weighted by atomic mass is 32.1. The van der Waals surface area contributed by atoms with Crippen molar-refractivity contribution in [1.82, 2.24) is 0 Å². The lowest BCUT2D eigenvalue weighted by Crippen LogP contribution is -2.12. The van der Waals surface area contributed by atoms with Gasteiger partial charge in [-0.1, -0.05) is 18.2 Å².